The highest BCUT2D eigenvalue weighted by Crippen LogP contribution is 2.44. The van der Waals surface area contributed by atoms with Crippen LogP contribution in [0.4, 0.5) is 0 Å². The molecule has 2 aliphatic rings. The van der Waals surface area contributed by atoms with E-state index in [9.17, 15) is 9.90 Å². The Bertz CT molecular complexity index is 614. The average molecular weight is 326 g/mol. The van der Waals surface area contributed by atoms with Crippen molar-refractivity contribution in [3.8, 4) is 17.6 Å². The first-order valence-corrected chi connectivity index (χ1v) is 9.27. The van der Waals surface area contributed by atoms with Crippen LogP contribution >= 0.6 is 0 Å². The van der Waals surface area contributed by atoms with Gasteiger partial charge >= 0.3 is 5.97 Å². The molecule has 3 nitrogen and oxygen atoms in total. The van der Waals surface area contributed by atoms with Crippen LogP contribution in [0.1, 0.15) is 92.7 Å². The van der Waals surface area contributed by atoms with Gasteiger partial charge in [-0.1, -0.05) is 44.4 Å². The summed E-state index contributed by atoms with van der Waals surface area (Å²) < 4.78 is 0. The highest BCUT2D eigenvalue weighted by atomic mass is 16.4. The van der Waals surface area contributed by atoms with E-state index < -0.39 is 5.97 Å². The Kier molecular flexibility index (Phi) is 5.45. The first-order chi connectivity index (χ1) is 11.6. The summed E-state index contributed by atoms with van der Waals surface area (Å²) in [5.74, 6) is 5.10. The zero-order valence-electron chi connectivity index (χ0n) is 14.2. The lowest BCUT2D eigenvalue weighted by Gasteiger charge is -2.27. The van der Waals surface area contributed by atoms with E-state index >= 15 is 0 Å². The van der Waals surface area contributed by atoms with E-state index in [0.29, 0.717) is 17.6 Å². The average Bonchev–Trinajstić information content (AvgIpc) is 2.62. The summed E-state index contributed by atoms with van der Waals surface area (Å²) in [6.45, 7) is 0. The van der Waals surface area contributed by atoms with Crippen LogP contribution in [0.5, 0.6) is 5.75 Å². The van der Waals surface area contributed by atoms with E-state index in [1.807, 2.05) is 12.1 Å². The molecule has 0 heterocycles. The zero-order valence-corrected chi connectivity index (χ0v) is 14.2. The van der Waals surface area contributed by atoms with Crippen molar-refractivity contribution in [2.45, 2.75) is 76.0 Å². The zero-order chi connectivity index (χ0) is 16.9. The summed E-state index contributed by atoms with van der Waals surface area (Å²) in [6, 6.07) is 3.85. The number of rotatable bonds is 2. The van der Waals surface area contributed by atoms with Gasteiger partial charge in [0, 0.05) is 11.5 Å². The van der Waals surface area contributed by atoms with Crippen LogP contribution in [-0.4, -0.2) is 16.2 Å². The second kappa shape index (κ2) is 7.75. The van der Waals surface area contributed by atoms with Gasteiger partial charge in [0.15, 0.2) is 0 Å². The van der Waals surface area contributed by atoms with Crippen molar-refractivity contribution in [3.05, 3.63) is 28.8 Å². The summed E-state index contributed by atoms with van der Waals surface area (Å²) in [6.07, 6.45) is 11.8. The molecule has 128 valence electrons. The maximum atomic E-state index is 10.9. The Morgan fingerprint density at radius 3 is 1.75 bits per heavy atom. The number of carboxylic acids is 1. The molecule has 0 unspecified atom stereocenters. The van der Waals surface area contributed by atoms with Crippen LogP contribution in [0.15, 0.2) is 12.1 Å². The van der Waals surface area contributed by atoms with Crippen LogP contribution in [0.3, 0.4) is 0 Å². The Morgan fingerprint density at radius 1 is 0.875 bits per heavy atom. The lowest BCUT2D eigenvalue weighted by atomic mass is 9.78. The maximum Gasteiger partial charge on any atom is 0.382 e. The fraction of sp³-hybridized carbons (Fsp3) is 0.571. The molecule has 0 radical (unpaired) electrons. The largest absolute Gasteiger partial charge is 0.507 e. The SMILES string of the molecule is O=C(O)C#Cc1cc(C2CCCCC2)c(O)c(C2CCCCC2)c1. The van der Waals surface area contributed by atoms with Crippen molar-refractivity contribution < 1.29 is 15.0 Å². The van der Waals surface area contributed by atoms with Gasteiger partial charge in [0.05, 0.1) is 0 Å². The number of phenols is 1. The Balaban J connectivity index is 2.01. The summed E-state index contributed by atoms with van der Waals surface area (Å²) >= 11 is 0. The van der Waals surface area contributed by atoms with Crippen molar-refractivity contribution in [2.24, 2.45) is 0 Å². The third kappa shape index (κ3) is 3.93. The molecule has 3 rings (SSSR count). The maximum absolute atomic E-state index is 10.9. The molecule has 0 aromatic heterocycles. The number of carboxylic acid groups (broad SMARTS) is 1. The smallest absolute Gasteiger partial charge is 0.382 e. The van der Waals surface area contributed by atoms with Crippen LogP contribution in [0.2, 0.25) is 0 Å². The van der Waals surface area contributed by atoms with E-state index in [0.717, 1.165) is 42.4 Å². The molecule has 0 atom stereocenters. The van der Waals surface area contributed by atoms with E-state index in [2.05, 4.69) is 11.8 Å². The van der Waals surface area contributed by atoms with Crippen LogP contribution in [0.25, 0.3) is 0 Å². The second-order valence-corrected chi connectivity index (χ2v) is 7.23. The predicted molar refractivity (Wildman–Crippen MR) is 94.3 cm³/mol. The molecule has 3 heteroatoms. The third-order valence-corrected chi connectivity index (χ3v) is 5.57. The van der Waals surface area contributed by atoms with Gasteiger partial charge in [0.2, 0.25) is 0 Å². The van der Waals surface area contributed by atoms with Gasteiger partial charge in [-0.15, -0.1) is 0 Å². The topological polar surface area (TPSA) is 57.5 Å². The minimum absolute atomic E-state index is 0.382. The monoisotopic (exact) mass is 326 g/mol. The van der Waals surface area contributed by atoms with E-state index in [1.54, 1.807) is 0 Å². The van der Waals surface area contributed by atoms with Gasteiger partial charge < -0.3 is 10.2 Å². The minimum atomic E-state index is -1.11. The first-order valence-electron chi connectivity index (χ1n) is 9.27. The number of aliphatic carboxylic acids is 1. The van der Waals surface area contributed by atoms with E-state index in [1.165, 1.54) is 38.5 Å². The van der Waals surface area contributed by atoms with E-state index in [-0.39, 0.29) is 0 Å². The van der Waals surface area contributed by atoms with Crippen LogP contribution in [0, 0.1) is 11.8 Å². The van der Waals surface area contributed by atoms with Gasteiger partial charge in [-0.05, 0) is 60.8 Å². The number of aromatic hydroxyl groups is 1. The normalized spacial score (nSPS) is 19.5. The number of hydrogen-bond acceptors (Lipinski definition) is 2. The lowest BCUT2D eigenvalue weighted by Crippen LogP contribution is -2.09. The standard InChI is InChI=1S/C21H26O3/c22-20(23)12-11-15-13-18(16-7-3-1-4-8-16)21(24)19(14-15)17-9-5-2-6-10-17/h13-14,16-17,24H,1-10H2,(H,22,23). The minimum Gasteiger partial charge on any atom is -0.507 e. The Hall–Kier alpha value is -1.95. The van der Waals surface area contributed by atoms with Gasteiger partial charge in [0.1, 0.15) is 5.75 Å². The molecule has 0 aliphatic heterocycles. The Morgan fingerprint density at radius 2 is 1.33 bits per heavy atom. The molecule has 2 aliphatic carbocycles. The van der Waals surface area contributed by atoms with E-state index in [4.69, 9.17) is 5.11 Å². The molecule has 0 spiro atoms. The molecule has 24 heavy (non-hydrogen) atoms. The van der Waals surface area contributed by atoms with Gasteiger partial charge in [-0.2, -0.15) is 0 Å². The summed E-state index contributed by atoms with van der Waals surface area (Å²) in [5, 5.41) is 19.8. The summed E-state index contributed by atoms with van der Waals surface area (Å²) in [7, 11) is 0. The summed E-state index contributed by atoms with van der Waals surface area (Å²) in [5.41, 5.74) is 2.72. The lowest BCUT2D eigenvalue weighted by molar-refractivity contribution is -0.130. The van der Waals surface area contributed by atoms with Crippen molar-refractivity contribution in [1.82, 2.24) is 0 Å². The molecular weight excluding hydrogens is 300 g/mol. The molecule has 2 N–H and O–H groups in total. The van der Waals surface area contributed by atoms with Crippen LogP contribution in [-0.2, 0) is 4.79 Å². The predicted octanol–water partition coefficient (Wildman–Crippen LogP) is 4.92. The van der Waals surface area contributed by atoms with Gasteiger partial charge in [0.25, 0.3) is 0 Å². The molecule has 1 aromatic rings. The van der Waals surface area contributed by atoms with Gasteiger partial charge in [-0.25, -0.2) is 4.79 Å². The fourth-order valence-corrected chi connectivity index (χ4v) is 4.33. The highest BCUT2D eigenvalue weighted by Gasteiger charge is 2.25. The van der Waals surface area contributed by atoms with Crippen molar-refractivity contribution in [2.75, 3.05) is 0 Å². The van der Waals surface area contributed by atoms with Crippen molar-refractivity contribution >= 4 is 5.97 Å². The molecular formula is C21H26O3. The number of carbonyl (C=O) groups is 1. The third-order valence-electron chi connectivity index (χ3n) is 5.57. The second-order valence-electron chi connectivity index (χ2n) is 7.23. The van der Waals surface area contributed by atoms with Crippen molar-refractivity contribution in [1.29, 1.82) is 0 Å². The number of hydrogen-bond donors (Lipinski definition) is 2. The quantitative estimate of drug-likeness (QED) is 0.758. The molecule has 0 bridgehead atoms. The van der Waals surface area contributed by atoms with Gasteiger partial charge in [-0.3, -0.25) is 0 Å². The fourth-order valence-electron chi connectivity index (χ4n) is 4.33. The Labute approximate surface area is 144 Å². The summed E-state index contributed by atoms with van der Waals surface area (Å²) in [4.78, 5) is 10.8. The highest BCUT2D eigenvalue weighted by molar-refractivity contribution is 5.87. The molecule has 1 aromatic carbocycles. The molecule has 0 saturated heterocycles. The first kappa shape index (κ1) is 16.9. The molecule has 2 fully saturated rings. The number of phenolic OH excluding ortho intramolecular Hbond substituents is 1. The van der Waals surface area contributed by atoms with Crippen molar-refractivity contribution in [3.63, 3.8) is 0 Å². The molecule has 2 saturated carbocycles. The van der Waals surface area contributed by atoms with Crippen LogP contribution < -0.4 is 0 Å². The number of benzene rings is 1. The molecule has 0 amide bonds.